The van der Waals surface area contributed by atoms with E-state index in [-0.39, 0.29) is 13.0 Å². The fourth-order valence-corrected chi connectivity index (χ4v) is 8.34. The molecular weight excluding hydrogens is 812 g/mol. The number of ether oxygens (including phenoxy) is 2. The minimum Gasteiger partial charge on any atom is -0.457 e. The van der Waals surface area contributed by atoms with E-state index in [9.17, 15) is 39.8 Å². The molecule has 0 bridgehead atoms. The van der Waals surface area contributed by atoms with Crippen molar-refractivity contribution >= 4 is 13.8 Å². The first-order valence-corrected chi connectivity index (χ1v) is 26.0. The van der Waals surface area contributed by atoms with Gasteiger partial charge in [0.05, 0.1) is 13.2 Å². The van der Waals surface area contributed by atoms with Crippen LogP contribution < -0.4 is 0 Å². The molecule has 1 aliphatic rings. The first kappa shape index (κ1) is 58.3. The van der Waals surface area contributed by atoms with E-state index in [1.807, 2.05) is 12.2 Å². The molecule has 0 saturated heterocycles. The number of aliphatic hydroxyl groups is 5. The van der Waals surface area contributed by atoms with Gasteiger partial charge in [-0.05, 0) is 38.5 Å². The Hall–Kier alpha value is -1.70. The van der Waals surface area contributed by atoms with Crippen LogP contribution in [0.25, 0.3) is 0 Å². The van der Waals surface area contributed by atoms with Crippen molar-refractivity contribution in [2.24, 2.45) is 0 Å². The summed E-state index contributed by atoms with van der Waals surface area (Å²) in [5, 5.41) is 50.2. The van der Waals surface area contributed by atoms with E-state index < -0.39 is 63.1 Å². The Morgan fingerprint density at radius 1 is 0.532 bits per heavy atom. The first-order chi connectivity index (χ1) is 30.0. The second kappa shape index (κ2) is 39.6. The molecule has 362 valence electrons. The van der Waals surface area contributed by atoms with Gasteiger partial charge in [-0.3, -0.25) is 13.8 Å². The van der Waals surface area contributed by atoms with Crippen molar-refractivity contribution in [2.45, 2.75) is 236 Å². The smallest absolute Gasteiger partial charge is 0.457 e. The highest BCUT2D eigenvalue weighted by molar-refractivity contribution is 7.47. The summed E-state index contributed by atoms with van der Waals surface area (Å²) in [6.07, 6.45) is 36.4. The lowest BCUT2D eigenvalue weighted by Crippen LogP contribution is -2.64. The van der Waals surface area contributed by atoms with E-state index >= 15 is 0 Å². The Balaban J connectivity index is 2.34. The Labute approximate surface area is 375 Å². The maximum atomic E-state index is 12.8. The van der Waals surface area contributed by atoms with E-state index in [0.29, 0.717) is 13.0 Å². The lowest BCUT2D eigenvalue weighted by Gasteiger charge is -2.41. The summed E-state index contributed by atoms with van der Waals surface area (Å²) in [7, 11) is -5.04. The number of hydrogen-bond acceptors (Lipinski definition) is 11. The van der Waals surface area contributed by atoms with E-state index in [1.54, 1.807) is 0 Å². The number of unbranched alkanes of at least 4 members (excludes halogenated alkanes) is 21. The van der Waals surface area contributed by atoms with Crippen molar-refractivity contribution in [1.29, 1.82) is 0 Å². The van der Waals surface area contributed by atoms with Gasteiger partial charge >= 0.3 is 13.8 Å². The molecular formula is C49H89O12P. The predicted molar refractivity (Wildman–Crippen MR) is 249 cm³/mol. The Bertz CT molecular complexity index is 1210. The van der Waals surface area contributed by atoms with Crippen LogP contribution in [-0.2, 0) is 27.9 Å². The van der Waals surface area contributed by atoms with Gasteiger partial charge in [-0.25, -0.2) is 4.57 Å². The maximum absolute atomic E-state index is 12.8. The van der Waals surface area contributed by atoms with Gasteiger partial charge in [-0.2, -0.15) is 0 Å². The van der Waals surface area contributed by atoms with Crippen molar-refractivity contribution in [1.82, 2.24) is 0 Å². The summed E-state index contributed by atoms with van der Waals surface area (Å²) in [4.78, 5) is 23.1. The molecule has 0 aromatic heterocycles. The molecule has 1 rings (SSSR count). The monoisotopic (exact) mass is 901 g/mol. The van der Waals surface area contributed by atoms with Crippen molar-refractivity contribution in [3.8, 4) is 0 Å². The standard InChI is InChI=1S/C49H89O12P/c1-3-5-7-9-11-13-15-17-18-19-20-21-22-23-24-25-27-29-31-33-35-37-39-58-40-42(41-59-62(56,57)61-49-47(54)45(52)44(51)46(53)48(49)55)60-43(50)38-36-34-32-30-28-26-16-14-12-10-8-6-4-2/h6,8,12,14,26,28,32,34,42,44-49,51-55H,3-5,7,9-11,13,15-25,27,29-31,33,35-41H2,1-2H3,(H,56,57)/b8-6-,14-12-,28-26-,34-32-. The number of allylic oxidation sites excluding steroid dienone is 8. The van der Waals surface area contributed by atoms with Gasteiger partial charge in [0.2, 0.25) is 0 Å². The van der Waals surface area contributed by atoms with Gasteiger partial charge in [0.25, 0.3) is 0 Å². The van der Waals surface area contributed by atoms with Gasteiger partial charge in [0.1, 0.15) is 42.7 Å². The van der Waals surface area contributed by atoms with Crippen LogP contribution >= 0.6 is 7.82 Å². The zero-order chi connectivity index (χ0) is 45.5. The number of rotatable bonds is 41. The first-order valence-electron chi connectivity index (χ1n) is 24.5. The van der Waals surface area contributed by atoms with Gasteiger partial charge < -0.3 is 39.9 Å². The zero-order valence-corrected chi connectivity index (χ0v) is 39.6. The topological polar surface area (TPSA) is 192 Å². The Morgan fingerprint density at radius 3 is 1.35 bits per heavy atom. The van der Waals surface area contributed by atoms with Crippen LogP contribution in [0.4, 0.5) is 0 Å². The molecule has 0 aromatic carbocycles. The highest BCUT2D eigenvalue weighted by Crippen LogP contribution is 2.47. The van der Waals surface area contributed by atoms with Crippen LogP contribution in [0.3, 0.4) is 0 Å². The summed E-state index contributed by atoms with van der Waals surface area (Å²) in [6.45, 7) is 4.08. The van der Waals surface area contributed by atoms with Crippen molar-refractivity contribution < 1.29 is 58.3 Å². The minimum absolute atomic E-state index is 0.0655. The van der Waals surface area contributed by atoms with Crippen LogP contribution in [0.5, 0.6) is 0 Å². The van der Waals surface area contributed by atoms with E-state index in [4.69, 9.17) is 18.5 Å². The van der Waals surface area contributed by atoms with Crippen molar-refractivity contribution in [2.75, 3.05) is 19.8 Å². The summed E-state index contributed by atoms with van der Waals surface area (Å²) < 4.78 is 34.1. The lowest BCUT2D eigenvalue weighted by atomic mass is 9.85. The van der Waals surface area contributed by atoms with Crippen molar-refractivity contribution in [3.05, 3.63) is 48.6 Å². The van der Waals surface area contributed by atoms with Crippen molar-refractivity contribution in [3.63, 3.8) is 0 Å². The zero-order valence-electron chi connectivity index (χ0n) is 38.7. The molecule has 0 radical (unpaired) electrons. The molecule has 12 nitrogen and oxygen atoms in total. The summed E-state index contributed by atoms with van der Waals surface area (Å²) >= 11 is 0. The molecule has 0 spiro atoms. The van der Waals surface area contributed by atoms with Crippen LogP contribution in [0, 0.1) is 0 Å². The SMILES string of the molecule is CC/C=C\C/C=C\C/C=C\C/C=C\CCC(=O)OC(COCCCCCCCCCCCCCCCCCCCCCCCC)COP(=O)(O)OC1C(O)C(O)C(O)C(O)C1O. The average Bonchev–Trinajstić information content (AvgIpc) is 3.26. The number of aliphatic hydroxyl groups excluding tert-OH is 5. The van der Waals surface area contributed by atoms with Gasteiger partial charge in [-0.15, -0.1) is 0 Å². The molecule has 6 atom stereocenters. The van der Waals surface area contributed by atoms with Gasteiger partial charge in [-0.1, -0.05) is 197 Å². The molecule has 0 aromatic rings. The normalized spacial score (nSPS) is 22.4. The highest BCUT2D eigenvalue weighted by atomic mass is 31.2. The molecule has 0 amide bonds. The molecule has 1 fully saturated rings. The third-order valence-corrected chi connectivity index (χ3v) is 12.2. The molecule has 0 aliphatic heterocycles. The fourth-order valence-electron chi connectivity index (χ4n) is 7.37. The average molecular weight is 901 g/mol. The number of phosphoric acid groups is 1. The molecule has 6 unspecified atom stereocenters. The molecule has 62 heavy (non-hydrogen) atoms. The summed E-state index contributed by atoms with van der Waals surface area (Å²) in [6, 6.07) is 0. The van der Waals surface area contributed by atoms with Crippen LogP contribution in [0.1, 0.15) is 194 Å². The Morgan fingerprint density at radius 2 is 0.919 bits per heavy atom. The quantitative estimate of drug-likeness (QED) is 0.0147. The summed E-state index contributed by atoms with van der Waals surface area (Å²) in [5.41, 5.74) is 0. The third kappa shape index (κ3) is 31.2. The number of carbonyl (C=O) groups excluding carboxylic acids is 1. The second-order valence-corrected chi connectivity index (χ2v) is 18.3. The van der Waals surface area contributed by atoms with Gasteiger partial charge in [0.15, 0.2) is 0 Å². The lowest BCUT2D eigenvalue weighted by molar-refractivity contribution is -0.220. The number of carbonyl (C=O) groups is 1. The fraction of sp³-hybridized carbons (Fsp3) is 0.816. The van der Waals surface area contributed by atoms with E-state index in [1.165, 1.54) is 122 Å². The Kier molecular flexibility index (Phi) is 37.3. The predicted octanol–water partition coefficient (Wildman–Crippen LogP) is 10.4. The van der Waals surface area contributed by atoms with E-state index in [0.717, 1.165) is 44.9 Å². The largest absolute Gasteiger partial charge is 0.472 e. The molecule has 6 N–H and O–H groups in total. The van der Waals surface area contributed by atoms with Gasteiger partial charge in [0, 0.05) is 13.0 Å². The third-order valence-electron chi connectivity index (χ3n) is 11.2. The number of hydrogen-bond donors (Lipinski definition) is 6. The highest BCUT2D eigenvalue weighted by Gasteiger charge is 2.51. The molecule has 0 heterocycles. The molecule has 1 aliphatic carbocycles. The minimum atomic E-state index is -5.04. The van der Waals surface area contributed by atoms with Crippen LogP contribution in [-0.4, -0.2) is 98.9 Å². The summed E-state index contributed by atoms with van der Waals surface area (Å²) in [5.74, 6) is -0.555. The van der Waals surface area contributed by atoms with E-state index in [2.05, 4.69) is 50.3 Å². The molecule has 13 heteroatoms. The number of phosphoric ester groups is 1. The second-order valence-electron chi connectivity index (χ2n) is 16.9. The molecule has 1 saturated carbocycles. The maximum Gasteiger partial charge on any atom is 0.472 e. The number of esters is 1. The van der Waals surface area contributed by atoms with Crippen LogP contribution in [0.15, 0.2) is 48.6 Å². The van der Waals surface area contributed by atoms with Crippen LogP contribution in [0.2, 0.25) is 0 Å².